The highest BCUT2D eigenvalue weighted by Gasteiger charge is 2.26. The summed E-state index contributed by atoms with van der Waals surface area (Å²) in [5.41, 5.74) is 3.75. The molecule has 1 unspecified atom stereocenters. The van der Waals surface area contributed by atoms with E-state index in [1.165, 1.54) is 7.11 Å². The molecule has 3 aromatic rings. The normalized spacial score (nSPS) is 17.5. The monoisotopic (exact) mass is 350 g/mol. The van der Waals surface area contributed by atoms with Crippen LogP contribution < -0.4 is 9.80 Å². The van der Waals surface area contributed by atoms with Gasteiger partial charge in [0.2, 0.25) is 5.95 Å². The Morgan fingerprint density at radius 1 is 1.15 bits per heavy atom. The Morgan fingerprint density at radius 3 is 2.62 bits per heavy atom. The van der Waals surface area contributed by atoms with Gasteiger partial charge in [-0.25, -0.2) is 9.78 Å². The lowest BCUT2D eigenvalue weighted by molar-refractivity contribution is 0.0601. The summed E-state index contributed by atoms with van der Waals surface area (Å²) in [6, 6.07) is 16.0. The van der Waals surface area contributed by atoms with Crippen molar-refractivity contribution in [3.05, 3.63) is 54.1 Å². The van der Waals surface area contributed by atoms with Crippen LogP contribution in [0.25, 0.3) is 11.0 Å². The Bertz CT molecular complexity index is 886. The van der Waals surface area contributed by atoms with Gasteiger partial charge in [-0.3, -0.25) is 0 Å². The zero-order chi connectivity index (χ0) is 18.1. The molecule has 0 radical (unpaired) electrons. The molecule has 2 aromatic carbocycles. The summed E-state index contributed by atoms with van der Waals surface area (Å²) in [5.74, 6) is 0.624. The molecule has 1 saturated heterocycles. The topological polar surface area (TPSA) is 61.5 Å². The minimum atomic E-state index is -0.306. The number of anilines is 2. The highest BCUT2D eigenvalue weighted by atomic mass is 16.5. The van der Waals surface area contributed by atoms with E-state index in [0.717, 1.165) is 42.3 Å². The second-order valence-corrected chi connectivity index (χ2v) is 6.60. The van der Waals surface area contributed by atoms with E-state index < -0.39 is 0 Å². The Labute approximate surface area is 152 Å². The zero-order valence-corrected chi connectivity index (χ0v) is 15.0. The maximum Gasteiger partial charge on any atom is 0.337 e. The van der Waals surface area contributed by atoms with Crippen molar-refractivity contribution in [1.82, 2.24) is 9.97 Å². The van der Waals surface area contributed by atoms with E-state index in [1.54, 1.807) is 0 Å². The van der Waals surface area contributed by atoms with Crippen LogP contribution in [-0.2, 0) is 4.74 Å². The van der Waals surface area contributed by atoms with E-state index >= 15 is 0 Å². The van der Waals surface area contributed by atoms with Gasteiger partial charge in [0.05, 0.1) is 23.7 Å². The molecule has 4 rings (SSSR count). The van der Waals surface area contributed by atoms with Crippen molar-refractivity contribution in [3.63, 3.8) is 0 Å². The molecule has 0 saturated carbocycles. The number of rotatable bonds is 3. The van der Waals surface area contributed by atoms with Crippen LogP contribution in [0.3, 0.4) is 0 Å². The van der Waals surface area contributed by atoms with Gasteiger partial charge in [0.25, 0.3) is 0 Å². The molecule has 26 heavy (non-hydrogen) atoms. The van der Waals surface area contributed by atoms with Gasteiger partial charge >= 0.3 is 5.97 Å². The molecule has 0 amide bonds. The van der Waals surface area contributed by atoms with Gasteiger partial charge < -0.3 is 19.5 Å². The number of carbonyl (C=O) groups is 1. The Balaban J connectivity index is 1.48. The Morgan fingerprint density at radius 2 is 1.92 bits per heavy atom. The summed E-state index contributed by atoms with van der Waals surface area (Å²) in [4.78, 5) is 24.4. The summed E-state index contributed by atoms with van der Waals surface area (Å²) in [6.07, 6.45) is 0. The molecular weight excluding hydrogens is 328 g/mol. The van der Waals surface area contributed by atoms with Crippen molar-refractivity contribution < 1.29 is 9.53 Å². The summed E-state index contributed by atoms with van der Waals surface area (Å²) in [7, 11) is 1.40. The highest BCUT2D eigenvalue weighted by Crippen LogP contribution is 2.24. The molecule has 6 nitrogen and oxygen atoms in total. The fraction of sp³-hybridized carbons (Fsp3) is 0.300. The third-order valence-electron chi connectivity index (χ3n) is 4.93. The van der Waals surface area contributed by atoms with E-state index in [2.05, 4.69) is 27.8 Å². The van der Waals surface area contributed by atoms with Crippen LogP contribution in [0.2, 0.25) is 0 Å². The van der Waals surface area contributed by atoms with E-state index in [1.807, 2.05) is 42.5 Å². The average Bonchev–Trinajstić information content (AvgIpc) is 3.11. The Kier molecular flexibility index (Phi) is 4.24. The number of nitrogens with one attached hydrogen (secondary N) is 1. The van der Waals surface area contributed by atoms with Gasteiger partial charge in [-0.05, 0) is 43.3 Å². The predicted octanol–water partition coefficient (Wildman–Crippen LogP) is 3.06. The highest BCUT2D eigenvalue weighted by molar-refractivity contribution is 5.89. The summed E-state index contributed by atoms with van der Waals surface area (Å²) in [5, 5.41) is 0. The summed E-state index contributed by atoms with van der Waals surface area (Å²) < 4.78 is 4.76. The largest absolute Gasteiger partial charge is 0.465 e. The standard InChI is InChI=1S/C20H22N4O2/c1-14-13-23(16-9-7-15(8-10-16)19(25)26-2)11-12-24(14)20-21-17-5-3-4-6-18(17)22-20/h3-10,14H,11-13H2,1-2H3,(H,21,22). The number of para-hydroxylation sites is 2. The lowest BCUT2D eigenvalue weighted by Gasteiger charge is -2.41. The summed E-state index contributed by atoms with van der Waals surface area (Å²) in [6.45, 7) is 4.90. The van der Waals surface area contributed by atoms with E-state index in [-0.39, 0.29) is 5.97 Å². The maximum absolute atomic E-state index is 11.6. The number of H-pyrrole nitrogens is 1. The maximum atomic E-state index is 11.6. The van der Waals surface area contributed by atoms with Crippen molar-refractivity contribution in [2.45, 2.75) is 13.0 Å². The zero-order valence-electron chi connectivity index (χ0n) is 15.0. The molecular formula is C20H22N4O2. The van der Waals surface area contributed by atoms with Crippen molar-refractivity contribution in [2.75, 3.05) is 36.5 Å². The average molecular weight is 350 g/mol. The Hall–Kier alpha value is -3.02. The van der Waals surface area contributed by atoms with Crippen LogP contribution in [-0.4, -0.2) is 48.7 Å². The summed E-state index contributed by atoms with van der Waals surface area (Å²) >= 11 is 0. The molecule has 1 N–H and O–H groups in total. The van der Waals surface area contributed by atoms with E-state index in [0.29, 0.717) is 11.6 Å². The van der Waals surface area contributed by atoms with Gasteiger partial charge in [0.15, 0.2) is 0 Å². The van der Waals surface area contributed by atoms with Gasteiger partial charge in [-0.1, -0.05) is 12.1 Å². The van der Waals surface area contributed by atoms with E-state index in [4.69, 9.17) is 9.72 Å². The van der Waals surface area contributed by atoms with Crippen molar-refractivity contribution in [1.29, 1.82) is 0 Å². The number of hydrogen-bond donors (Lipinski definition) is 1. The molecule has 0 bridgehead atoms. The number of piperazine rings is 1. The van der Waals surface area contributed by atoms with Gasteiger partial charge in [0.1, 0.15) is 0 Å². The first-order valence-electron chi connectivity index (χ1n) is 8.80. The molecule has 1 aromatic heterocycles. The van der Waals surface area contributed by atoms with Crippen LogP contribution in [0.5, 0.6) is 0 Å². The van der Waals surface area contributed by atoms with Crippen molar-refractivity contribution in [3.8, 4) is 0 Å². The van der Waals surface area contributed by atoms with Crippen LogP contribution in [0.1, 0.15) is 17.3 Å². The quantitative estimate of drug-likeness (QED) is 0.736. The first-order valence-corrected chi connectivity index (χ1v) is 8.80. The number of hydrogen-bond acceptors (Lipinski definition) is 5. The van der Waals surface area contributed by atoms with Crippen molar-refractivity contribution >= 4 is 28.6 Å². The second kappa shape index (κ2) is 6.71. The molecule has 6 heteroatoms. The minimum absolute atomic E-state index is 0.306. The first-order chi connectivity index (χ1) is 12.7. The van der Waals surface area contributed by atoms with E-state index in [9.17, 15) is 4.79 Å². The molecule has 2 heterocycles. The number of ether oxygens (including phenoxy) is 1. The van der Waals surface area contributed by atoms with Gasteiger partial charge in [-0.2, -0.15) is 0 Å². The number of fused-ring (bicyclic) bond motifs is 1. The predicted molar refractivity (Wildman–Crippen MR) is 103 cm³/mol. The second-order valence-electron chi connectivity index (χ2n) is 6.60. The SMILES string of the molecule is COC(=O)c1ccc(N2CCN(c3nc4ccccc4[nH]3)C(C)C2)cc1. The van der Waals surface area contributed by atoms with Crippen LogP contribution in [0, 0.1) is 0 Å². The lowest BCUT2D eigenvalue weighted by Crippen LogP contribution is -2.52. The third kappa shape index (κ3) is 2.98. The first kappa shape index (κ1) is 16.4. The smallest absolute Gasteiger partial charge is 0.337 e. The fourth-order valence-electron chi connectivity index (χ4n) is 3.51. The molecule has 0 spiro atoms. The number of imidazole rings is 1. The molecule has 1 atom stereocenters. The fourth-order valence-corrected chi connectivity index (χ4v) is 3.51. The molecule has 1 aliphatic rings. The van der Waals surface area contributed by atoms with Crippen LogP contribution in [0.15, 0.2) is 48.5 Å². The lowest BCUT2D eigenvalue weighted by atomic mass is 10.1. The van der Waals surface area contributed by atoms with Crippen LogP contribution >= 0.6 is 0 Å². The number of aromatic amines is 1. The number of methoxy groups -OCH3 is 1. The number of esters is 1. The number of nitrogens with zero attached hydrogens (tertiary/aromatic N) is 3. The molecule has 1 fully saturated rings. The minimum Gasteiger partial charge on any atom is -0.465 e. The number of aromatic nitrogens is 2. The molecule has 134 valence electrons. The van der Waals surface area contributed by atoms with Crippen LogP contribution in [0.4, 0.5) is 11.6 Å². The number of benzene rings is 2. The van der Waals surface area contributed by atoms with Gasteiger partial charge in [-0.15, -0.1) is 0 Å². The molecule has 0 aliphatic carbocycles. The third-order valence-corrected chi connectivity index (χ3v) is 4.93. The number of carbonyl (C=O) groups excluding carboxylic acids is 1. The van der Waals surface area contributed by atoms with Crippen molar-refractivity contribution in [2.24, 2.45) is 0 Å². The van der Waals surface area contributed by atoms with Gasteiger partial charge in [0, 0.05) is 31.4 Å². The molecule has 1 aliphatic heterocycles.